The minimum atomic E-state index is -1.56. The van der Waals surface area contributed by atoms with E-state index >= 15 is 0 Å². The molecule has 0 fully saturated rings. The predicted molar refractivity (Wildman–Crippen MR) is 67.4 cm³/mol. The Hall–Kier alpha value is -1.14. The molecule has 16 heavy (non-hydrogen) atoms. The number of hydrogen-bond donors (Lipinski definition) is 1. The number of anilines is 1. The van der Waals surface area contributed by atoms with Crippen LogP contribution in [0.3, 0.4) is 0 Å². The van der Waals surface area contributed by atoms with E-state index in [1.807, 2.05) is 17.9 Å². The quantitative estimate of drug-likeness (QED) is 0.799. The Labute approximate surface area is 96.7 Å². The number of rotatable bonds is 2. The van der Waals surface area contributed by atoms with Gasteiger partial charge in [0.05, 0.1) is 25.2 Å². The highest BCUT2D eigenvalue weighted by Crippen LogP contribution is 2.29. The van der Waals surface area contributed by atoms with Crippen LogP contribution in [0.2, 0.25) is 19.6 Å². The Morgan fingerprint density at radius 2 is 2.25 bits per heavy atom. The average molecular weight is 238 g/mol. The van der Waals surface area contributed by atoms with E-state index in [0.717, 1.165) is 11.4 Å². The van der Waals surface area contributed by atoms with E-state index in [0.29, 0.717) is 6.54 Å². The lowest BCUT2D eigenvalue weighted by atomic mass is 10.2. The molecule has 1 unspecified atom stereocenters. The van der Waals surface area contributed by atoms with Crippen LogP contribution in [0.1, 0.15) is 11.7 Å². The van der Waals surface area contributed by atoms with E-state index in [-0.39, 0.29) is 6.10 Å². The highest BCUT2D eigenvalue weighted by molar-refractivity contribution is 6.69. The highest BCUT2D eigenvalue weighted by atomic mass is 28.4. The van der Waals surface area contributed by atoms with Gasteiger partial charge in [-0.3, -0.25) is 9.67 Å². The third kappa shape index (κ3) is 2.33. The first kappa shape index (κ1) is 11.3. The molecule has 1 aromatic rings. The van der Waals surface area contributed by atoms with Crippen LogP contribution in [-0.2, 0) is 11.5 Å². The molecule has 2 rings (SSSR count). The van der Waals surface area contributed by atoms with Crippen molar-refractivity contribution in [3.05, 3.63) is 11.8 Å². The number of nitrogens with one attached hydrogen (secondary N) is 1. The van der Waals surface area contributed by atoms with Crippen LogP contribution in [0.5, 0.6) is 0 Å². The predicted octanol–water partition coefficient (Wildman–Crippen LogP) is 1.77. The van der Waals surface area contributed by atoms with Gasteiger partial charge in [0.25, 0.3) is 0 Å². The largest absolute Gasteiger partial charge is 0.409 e. The molecule has 0 saturated carbocycles. The first-order valence-electron chi connectivity index (χ1n) is 5.42. The molecule has 88 valence electrons. The molecule has 0 saturated heterocycles. The standard InChI is InChI=1S/C10H18N4OSi/c1-14-10-8(5-13-14)9(6-11-7-12-10)15-16(2,3)4/h5,7,9H,6H2,1-4H3,(H,11,12). The van der Waals surface area contributed by atoms with E-state index in [2.05, 4.69) is 35.0 Å². The minimum Gasteiger partial charge on any atom is -0.409 e. The SMILES string of the molecule is Cn1ncc2c1NC=NCC2O[Si](C)(C)C. The fraction of sp³-hybridized carbons (Fsp3) is 0.600. The van der Waals surface area contributed by atoms with Gasteiger partial charge >= 0.3 is 0 Å². The number of nitrogens with zero attached hydrogens (tertiary/aromatic N) is 3. The summed E-state index contributed by atoms with van der Waals surface area (Å²) in [6, 6.07) is 0. The van der Waals surface area contributed by atoms with Gasteiger partial charge in [-0.05, 0) is 19.6 Å². The minimum absolute atomic E-state index is 0.0293. The van der Waals surface area contributed by atoms with Crippen LogP contribution < -0.4 is 5.32 Å². The molecule has 1 aromatic heterocycles. The van der Waals surface area contributed by atoms with E-state index in [4.69, 9.17) is 4.43 Å². The van der Waals surface area contributed by atoms with Gasteiger partial charge < -0.3 is 9.74 Å². The monoisotopic (exact) mass is 238 g/mol. The summed E-state index contributed by atoms with van der Waals surface area (Å²) in [6.07, 6.45) is 3.61. The van der Waals surface area contributed by atoms with E-state index in [1.54, 1.807) is 6.34 Å². The van der Waals surface area contributed by atoms with E-state index < -0.39 is 8.32 Å². The molecule has 1 N–H and O–H groups in total. The second kappa shape index (κ2) is 4.02. The van der Waals surface area contributed by atoms with E-state index in [9.17, 15) is 0 Å². The molecular formula is C10H18N4OSi. The van der Waals surface area contributed by atoms with Crippen LogP contribution >= 0.6 is 0 Å². The van der Waals surface area contributed by atoms with Gasteiger partial charge in [-0.25, -0.2) is 0 Å². The van der Waals surface area contributed by atoms with Gasteiger partial charge in [0.1, 0.15) is 5.82 Å². The summed E-state index contributed by atoms with van der Waals surface area (Å²) in [6.45, 7) is 7.22. The molecular weight excluding hydrogens is 220 g/mol. The fourth-order valence-electron chi connectivity index (χ4n) is 1.75. The maximum Gasteiger partial charge on any atom is 0.184 e. The van der Waals surface area contributed by atoms with Crippen molar-refractivity contribution in [1.82, 2.24) is 9.78 Å². The lowest BCUT2D eigenvalue weighted by Crippen LogP contribution is -2.29. The van der Waals surface area contributed by atoms with Crippen molar-refractivity contribution in [2.24, 2.45) is 12.0 Å². The second-order valence-electron chi connectivity index (χ2n) is 4.93. The Morgan fingerprint density at radius 1 is 1.50 bits per heavy atom. The summed E-state index contributed by atoms with van der Waals surface area (Å²) in [4.78, 5) is 4.28. The van der Waals surface area contributed by atoms with Gasteiger partial charge in [0, 0.05) is 12.6 Å². The van der Waals surface area contributed by atoms with Crippen LogP contribution in [0.25, 0.3) is 0 Å². The maximum absolute atomic E-state index is 6.13. The smallest absolute Gasteiger partial charge is 0.184 e. The molecule has 1 aliphatic heterocycles. The Kier molecular flexibility index (Phi) is 2.85. The highest BCUT2D eigenvalue weighted by Gasteiger charge is 2.26. The molecule has 1 aliphatic rings. The molecule has 6 heteroatoms. The number of aromatic nitrogens is 2. The van der Waals surface area contributed by atoms with Crippen molar-refractivity contribution in [2.45, 2.75) is 25.7 Å². The van der Waals surface area contributed by atoms with Gasteiger partial charge in [-0.15, -0.1) is 0 Å². The van der Waals surface area contributed by atoms with Gasteiger partial charge in [-0.2, -0.15) is 5.10 Å². The molecule has 0 spiro atoms. The number of aryl methyl sites for hydroxylation is 1. The van der Waals surface area contributed by atoms with Crippen molar-refractivity contribution in [1.29, 1.82) is 0 Å². The van der Waals surface area contributed by atoms with Gasteiger partial charge in [-0.1, -0.05) is 0 Å². The summed E-state index contributed by atoms with van der Waals surface area (Å²) in [5.41, 5.74) is 1.10. The zero-order valence-corrected chi connectivity index (χ0v) is 11.2. The number of fused-ring (bicyclic) bond motifs is 1. The first-order chi connectivity index (χ1) is 7.47. The second-order valence-corrected chi connectivity index (χ2v) is 9.39. The summed E-state index contributed by atoms with van der Waals surface area (Å²) < 4.78 is 7.94. The van der Waals surface area contributed by atoms with Crippen molar-refractivity contribution < 1.29 is 4.43 Å². The molecule has 5 nitrogen and oxygen atoms in total. The van der Waals surface area contributed by atoms with E-state index in [1.165, 1.54) is 0 Å². The topological polar surface area (TPSA) is 51.4 Å². The lowest BCUT2D eigenvalue weighted by Gasteiger charge is -2.24. The zero-order chi connectivity index (χ0) is 11.8. The Morgan fingerprint density at radius 3 is 2.94 bits per heavy atom. The van der Waals surface area contributed by atoms with Gasteiger partial charge in [0.15, 0.2) is 8.32 Å². The molecule has 2 heterocycles. The molecule has 0 radical (unpaired) electrons. The molecule has 0 aromatic carbocycles. The number of hydrogen-bond acceptors (Lipinski definition) is 4. The van der Waals surface area contributed by atoms with Crippen molar-refractivity contribution in [2.75, 3.05) is 11.9 Å². The summed E-state index contributed by atoms with van der Waals surface area (Å²) >= 11 is 0. The molecule has 0 bridgehead atoms. The summed E-state index contributed by atoms with van der Waals surface area (Å²) in [5.74, 6) is 0.976. The normalized spacial score (nSPS) is 20.1. The third-order valence-electron chi connectivity index (χ3n) is 2.37. The van der Waals surface area contributed by atoms with Crippen molar-refractivity contribution in [3.8, 4) is 0 Å². The third-order valence-corrected chi connectivity index (χ3v) is 3.37. The Bertz CT molecular complexity index is 407. The van der Waals surface area contributed by atoms with Crippen molar-refractivity contribution >= 4 is 20.5 Å². The maximum atomic E-state index is 6.13. The Balaban J connectivity index is 2.30. The summed E-state index contributed by atoms with van der Waals surface area (Å²) in [7, 11) is 0.348. The fourth-order valence-corrected chi connectivity index (χ4v) is 2.80. The van der Waals surface area contributed by atoms with Crippen LogP contribution in [0, 0.1) is 0 Å². The van der Waals surface area contributed by atoms with Crippen LogP contribution in [0.15, 0.2) is 11.2 Å². The number of aliphatic imine (C=N–C) groups is 1. The molecule has 0 aliphatic carbocycles. The first-order valence-corrected chi connectivity index (χ1v) is 8.83. The van der Waals surface area contributed by atoms with Crippen molar-refractivity contribution in [3.63, 3.8) is 0 Å². The molecule has 1 atom stereocenters. The molecule has 0 amide bonds. The summed E-state index contributed by atoms with van der Waals surface area (Å²) in [5, 5.41) is 7.38. The zero-order valence-electron chi connectivity index (χ0n) is 10.2. The van der Waals surface area contributed by atoms with Crippen LogP contribution in [-0.4, -0.2) is 31.0 Å². The van der Waals surface area contributed by atoms with Gasteiger partial charge in [0.2, 0.25) is 0 Å². The lowest BCUT2D eigenvalue weighted by molar-refractivity contribution is 0.208. The average Bonchev–Trinajstić information content (AvgIpc) is 2.41. The van der Waals surface area contributed by atoms with Crippen LogP contribution in [0.4, 0.5) is 5.82 Å².